The van der Waals surface area contributed by atoms with Crippen LogP contribution >= 0.6 is 27.7 Å². The van der Waals surface area contributed by atoms with Crippen LogP contribution < -0.4 is 5.32 Å². The van der Waals surface area contributed by atoms with Crippen LogP contribution in [0.25, 0.3) is 6.08 Å². The zero-order valence-electron chi connectivity index (χ0n) is 13.2. The first-order valence-corrected chi connectivity index (χ1v) is 9.10. The minimum atomic E-state index is -0.651. The van der Waals surface area contributed by atoms with Crippen molar-refractivity contribution in [2.75, 3.05) is 11.9 Å². The molecule has 1 aliphatic rings. The summed E-state index contributed by atoms with van der Waals surface area (Å²) < 4.78 is 14.5. The molecule has 1 saturated heterocycles. The zero-order chi connectivity index (χ0) is 18.7. The molecule has 0 spiro atoms. The van der Waals surface area contributed by atoms with Gasteiger partial charge < -0.3 is 5.32 Å². The summed E-state index contributed by atoms with van der Waals surface area (Å²) in [6, 6.07) is 12.9. The number of imide groups is 1. The maximum atomic E-state index is 13.6. The second-order valence-electron chi connectivity index (χ2n) is 5.35. The fourth-order valence-electron chi connectivity index (χ4n) is 2.24. The molecular weight excluding hydrogens is 423 g/mol. The highest BCUT2D eigenvalue weighted by Gasteiger charge is 2.36. The lowest BCUT2D eigenvalue weighted by molar-refractivity contribution is -0.127. The van der Waals surface area contributed by atoms with Gasteiger partial charge in [-0.3, -0.25) is 19.3 Å². The van der Waals surface area contributed by atoms with Gasteiger partial charge in [-0.15, -0.1) is 0 Å². The molecule has 0 saturated carbocycles. The molecule has 0 atom stereocenters. The first kappa shape index (κ1) is 18.3. The van der Waals surface area contributed by atoms with Crippen molar-refractivity contribution in [2.45, 2.75) is 0 Å². The fraction of sp³-hybridized carbons (Fsp3) is 0.0556. The predicted molar refractivity (Wildman–Crippen MR) is 102 cm³/mol. The second kappa shape index (κ2) is 7.84. The number of hydrogen-bond acceptors (Lipinski definition) is 4. The Bertz CT molecular complexity index is 915. The predicted octanol–water partition coefficient (Wildman–Crippen LogP) is 4.26. The standard InChI is InChI=1S/C18H12BrFN2O3S/c19-12-7-5-11(6-8-12)9-15-17(24)22(18(25)26-15)10-16(23)21-14-4-2-1-3-13(14)20/h1-9H,10H2,(H,21,23)/b15-9+. The van der Waals surface area contributed by atoms with E-state index in [4.69, 9.17) is 0 Å². The smallest absolute Gasteiger partial charge is 0.294 e. The van der Waals surface area contributed by atoms with E-state index >= 15 is 0 Å². The maximum absolute atomic E-state index is 13.6. The molecule has 1 N–H and O–H groups in total. The fourth-order valence-corrected chi connectivity index (χ4v) is 3.35. The Kier molecular flexibility index (Phi) is 5.53. The third-order valence-electron chi connectivity index (χ3n) is 3.49. The van der Waals surface area contributed by atoms with Gasteiger partial charge in [0.15, 0.2) is 0 Å². The maximum Gasteiger partial charge on any atom is 0.294 e. The van der Waals surface area contributed by atoms with Gasteiger partial charge in [-0.05, 0) is 47.7 Å². The molecule has 2 aromatic rings. The minimum absolute atomic E-state index is 0.00474. The quantitative estimate of drug-likeness (QED) is 0.729. The van der Waals surface area contributed by atoms with Crippen molar-refractivity contribution in [1.29, 1.82) is 0 Å². The van der Waals surface area contributed by atoms with Crippen molar-refractivity contribution in [3.8, 4) is 0 Å². The molecule has 1 heterocycles. The van der Waals surface area contributed by atoms with Crippen LogP contribution in [0, 0.1) is 5.82 Å². The second-order valence-corrected chi connectivity index (χ2v) is 7.26. The molecule has 3 rings (SSSR count). The third kappa shape index (κ3) is 4.20. The van der Waals surface area contributed by atoms with Gasteiger partial charge in [0.05, 0.1) is 10.6 Å². The van der Waals surface area contributed by atoms with Crippen LogP contribution in [0.2, 0.25) is 0 Å². The van der Waals surface area contributed by atoms with Crippen LogP contribution in [-0.4, -0.2) is 28.5 Å². The van der Waals surface area contributed by atoms with Crippen molar-refractivity contribution >= 4 is 56.5 Å². The first-order chi connectivity index (χ1) is 12.4. The average Bonchev–Trinajstić information content (AvgIpc) is 2.86. The number of para-hydroxylation sites is 1. The number of halogens is 2. The van der Waals surface area contributed by atoms with Gasteiger partial charge >= 0.3 is 0 Å². The topological polar surface area (TPSA) is 66.5 Å². The van der Waals surface area contributed by atoms with Gasteiger partial charge in [-0.25, -0.2) is 4.39 Å². The van der Waals surface area contributed by atoms with Gasteiger partial charge in [-0.1, -0.05) is 40.2 Å². The Hall–Kier alpha value is -2.45. The summed E-state index contributed by atoms with van der Waals surface area (Å²) in [5.74, 6) is -1.79. The number of nitrogens with one attached hydrogen (secondary N) is 1. The van der Waals surface area contributed by atoms with E-state index in [0.29, 0.717) is 0 Å². The Balaban J connectivity index is 1.70. The monoisotopic (exact) mass is 434 g/mol. The molecule has 8 heteroatoms. The van der Waals surface area contributed by atoms with Gasteiger partial charge in [0.2, 0.25) is 5.91 Å². The molecule has 132 valence electrons. The summed E-state index contributed by atoms with van der Waals surface area (Å²) in [7, 11) is 0. The normalized spacial score (nSPS) is 15.6. The molecular formula is C18H12BrFN2O3S. The summed E-state index contributed by atoms with van der Waals surface area (Å²) in [5, 5.41) is 1.82. The van der Waals surface area contributed by atoms with Gasteiger partial charge in [0.25, 0.3) is 11.1 Å². The number of benzene rings is 2. The Morgan fingerprint density at radius 3 is 2.54 bits per heavy atom. The van der Waals surface area contributed by atoms with Crippen LogP contribution in [0.3, 0.4) is 0 Å². The van der Waals surface area contributed by atoms with E-state index in [9.17, 15) is 18.8 Å². The third-order valence-corrected chi connectivity index (χ3v) is 4.93. The summed E-state index contributed by atoms with van der Waals surface area (Å²) in [4.78, 5) is 37.6. The van der Waals surface area contributed by atoms with E-state index in [0.717, 1.165) is 26.7 Å². The lowest BCUT2D eigenvalue weighted by Gasteiger charge is -2.12. The number of hydrogen-bond donors (Lipinski definition) is 1. The van der Waals surface area contributed by atoms with Crippen molar-refractivity contribution < 1.29 is 18.8 Å². The number of rotatable bonds is 4. The molecule has 3 amide bonds. The Morgan fingerprint density at radius 1 is 1.15 bits per heavy atom. The largest absolute Gasteiger partial charge is 0.322 e. The van der Waals surface area contributed by atoms with E-state index in [-0.39, 0.29) is 10.6 Å². The summed E-state index contributed by atoms with van der Waals surface area (Å²) >= 11 is 4.09. The molecule has 1 aliphatic heterocycles. The lowest BCUT2D eigenvalue weighted by Crippen LogP contribution is -2.36. The molecule has 0 unspecified atom stereocenters. The minimum Gasteiger partial charge on any atom is -0.322 e. The molecule has 2 aromatic carbocycles. The number of anilines is 1. The molecule has 5 nitrogen and oxygen atoms in total. The van der Waals surface area contributed by atoms with Crippen molar-refractivity contribution in [3.63, 3.8) is 0 Å². The highest BCUT2D eigenvalue weighted by atomic mass is 79.9. The molecule has 0 bridgehead atoms. The van der Waals surface area contributed by atoms with E-state index in [2.05, 4.69) is 21.2 Å². The summed E-state index contributed by atoms with van der Waals surface area (Å²) in [6.07, 6.45) is 1.59. The number of carbonyl (C=O) groups is 3. The molecule has 0 radical (unpaired) electrons. The van der Waals surface area contributed by atoms with Crippen LogP contribution in [-0.2, 0) is 9.59 Å². The Labute approximate surface area is 161 Å². The Morgan fingerprint density at radius 2 is 1.85 bits per heavy atom. The SMILES string of the molecule is O=C(CN1C(=O)S/C(=C/c2ccc(Br)cc2)C1=O)Nc1ccccc1F. The van der Waals surface area contributed by atoms with E-state index in [1.165, 1.54) is 18.2 Å². The molecule has 0 aliphatic carbocycles. The highest BCUT2D eigenvalue weighted by molar-refractivity contribution is 9.10. The van der Waals surface area contributed by atoms with Gasteiger partial charge in [0.1, 0.15) is 12.4 Å². The average molecular weight is 435 g/mol. The zero-order valence-corrected chi connectivity index (χ0v) is 15.6. The molecule has 1 fully saturated rings. The number of thioether (sulfide) groups is 1. The van der Waals surface area contributed by atoms with E-state index < -0.39 is 29.4 Å². The number of nitrogens with zero attached hydrogens (tertiary/aromatic N) is 1. The van der Waals surface area contributed by atoms with Crippen LogP contribution in [0.4, 0.5) is 14.9 Å². The number of carbonyl (C=O) groups excluding carboxylic acids is 3. The van der Waals surface area contributed by atoms with Crippen molar-refractivity contribution in [1.82, 2.24) is 4.90 Å². The van der Waals surface area contributed by atoms with Crippen molar-refractivity contribution in [3.05, 3.63) is 69.3 Å². The summed E-state index contributed by atoms with van der Waals surface area (Å²) in [6.45, 7) is -0.476. The molecule has 26 heavy (non-hydrogen) atoms. The van der Waals surface area contributed by atoms with E-state index in [1.54, 1.807) is 24.3 Å². The molecule has 0 aromatic heterocycles. The van der Waals surface area contributed by atoms with Crippen LogP contribution in [0.1, 0.15) is 5.56 Å². The van der Waals surface area contributed by atoms with Crippen molar-refractivity contribution in [2.24, 2.45) is 0 Å². The lowest BCUT2D eigenvalue weighted by atomic mass is 10.2. The van der Waals surface area contributed by atoms with Gasteiger partial charge in [-0.2, -0.15) is 0 Å². The van der Waals surface area contributed by atoms with E-state index in [1.807, 2.05) is 12.1 Å². The van der Waals surface area contributed by atoms with Gasteiger partial charge in [0, 0.05) is 4.47 Å². The van der Waals surface area contributed by atoms with Crippen LogP contribution in [0.15, 0.2) is 57.9 Å². The highest BCUT2D eigenvalue weighted by Crippen LogP contribution is 2.32. The first-order valence-electron chi connectivity index (χ1n) is 7.49. The van der Waals surface area contributed by atoms with Crippen LogP contribution in [0.5, 0.6) is 0 Å². The summed E-state index contributed by atoms with van der Waals surface area (Å²) in [5.41, 5.74) is 0.754. The number of amides is 3.